The van der Waals surface area contributed by atoms with Gasteiger partial charge in [0.2, 0.25) is 5.91 Å². The van der Waals surface area contributed by atoms with Crippen LogP contribution in [0, 0.1) is 5.82 Å². The average molecular weight is 342 g/mol. The Morgan fingerprint density at radius 2 is 2.08 bits per heavy atom. The molecule has 5 heteroatoms. The lowest BCUT2D eigenvalue weighted by molar-refractivity contribution is -0.115. The van der Waals surface area contributed by atoms with Crippen LogP contribution in [0.25, 0.3) is 0 Å². The molecule has 4 nitrogen and oxygen atoms in total. The van der Waals surface area contributed by atoms with Crippen LogP contribution in [-0.2, 0) is 24.2 Å². The quantitative estimate of drug-likeness (QED) is 0.875. The molecule has 132 valence electrons. The minimum absolute atomic E-state index is 0.0240. The molecule has 0 bridgehead atoms. The van der Waals surface area contributed by atoms with Crippen molar-refractivity contribution in [2.24, 2.45) is 0 Å². The summed E-state index contributed by atoms with van der Waals surface area (Å²) in [4.78, 5) is 12.4. The van der Waals surface area contributed by atoms with E-state index in [1.54, 1.807) is 6.07 Å². The number of carbonyl (C=O) groups is 1. The second-order valence-electron chi connectivity index (χ2n) is 6.49. The van der Waals surface area contributed by atoms with Gasteiger partial charge < -0.3 is 15.4 Å². The number of hydrogen-bond acceptors (Lipinski definition) is 3. The summed E-state index contributed by atoms with van der Waals surface area (Å²) in [5, 5.41) is 5.91. The maximum atomic E-state index is 14.6. The molecule has 1 amide bonds. The van der Waals surface area contributed by atoms with Crippen LogP contribution in [-0.4, -0.2) is 18.6 Å². The number of para-hydroxylation sites is 1. The first kappa shape index (κ1) is 17.4. The van der Waals surface area contributed by atoms with E-state index < -0.39 is 0 Å². The van der Waals surface area contributed by atoms with E-state index in [0.29, 0.717) is 24.3 Å². The summed E-state index contributed by atoms with van der Waals surface area (Å²) in [5.74, 6) is 0.108. The second kappa shape index (κ2) is 7.66. The Kier molecular flexibility index (Phi) is 5.34. The molecule has 1 heterocycles. The summed E-state index contributed by atoms with van der Waals surface area (Å²) in [5.41, 5.74) is 2.68. The highest BCUT2D eigenvalue weighted by atomic mass is 19.1. The van der Waals surface area contributed by atoms with Crippen LogP contribution in [0.3, 0.4) is 0 Å². The fourth-order valence-corrected chi connectivity index (χ4v) is 3.02. The van der Waals surface area contributed by atoms with Gasteiger partial charge in [-0.3, -0.25) is 4.79 Å². The largest absolute Gasteiger partial charge is 0.491 e. The van der Waals surface area contributed by atoms with Crippen LogP contribution in [0.5, 0.6) is 5.75 Å². The van der Waals surface area contributed by atoms with Crippen LogP contribution in [0.2, 0.25) is 0 Å². The highest BCUT2D eigenvalue weighted by Gasteiger charge is 2.18. The minimum Gasteiger partial charge on any atom is -0.491 e. The van der Waals surface area contributed by atoms with Gasteiger partial charge in [-0.15, -0.1) is 0 Å². The molecule has 3 rings (SSSR count). The summed E-state index contributed by atoms with van der Waals surface area (Å²) in [6, 6.07) is 10.9. The number of amides is 1. The molecule has 0 atom stereocenters. The van der Waals surface area contributed by atoms with E-state index >= 15 is 0 Å². The van der Waals surface area contributed by atoms with Gasteiger partial charge in [-0.25, -0.2) is 4.39 Å². The number of benzene rings is 2. The Bertz CT molecular complexity index is 774. The fraction of sp³-hybridized carbons (Fsp3) is 0.350. The Morgan fingerprint density at radius 1 is 1.28 bits per heavy atom. The summed E-state index contributed by atoms with van der Waals surface area (Å²) >= 11 is 0. The van der Waals surface area contributed by atoms with Crippen molar-refractivity contribution in [1.82, 2.24) is 5.32 Å². The third kappa shape index (κ3) is 4.17. The zero-order valence-corrected chi connectivity index (χ0v) is 14.6. The molecular weight excluding hydrogens is 319 g/mol. The summed E-state index contributed by atoms with van der Waals surface area (Å²) < 4.78 is 20.4. The maximum Gasteiger partial charge on any atom is 0.229 e. The SMILES string of the molecule is CC(C)Oc1ccccc1CC(=O)Nc1ccc2c(c1F)CCNC2. The molecule has 2 aromatic carbocycles. The van der Waals surface area contributed by atoms with Crippen molar-refractivity contribution in [3.8, 4) is 5.75 Å². The second-order valence-corrected chi connectivity index (χ2v) is 6.49. The molecule has 0 radical (unpaired) electrons. The van der Waals surface area contributed by atoms with E-state index in [2.05, 4.69) is 10.6 Å². The fourth-order valence-electron chi connectivity index (χ4n) is 3.02. The van der Waals surface area contributed by atoms with Crippen molar-refractivity contribution in [2.45, 2.75) is 39.3 Å². The normalized spacial score (nSPS) is 13.4. The minimum atomic E-state index is -0.320. The molecule has 0 unspecified atom stereocenters. The first-order chi connectivity index (χ1) is 12.0. The lowest BCUT2D eigenvalue weighted by Crippen LogP contribution is -2.25. The Morgan fingerprint density at radius 3 is 2.88 bits per heavy atom. The van der Waals surface area contributed by atoms with Crippen molar-refractivity contribution in [3.63, 3.8) is 0 Å². The van der Waals surface area contributed by atoms with Gasteiger partial charge in [-0.2, -0.15) is 0 Å². The van der Waals surface area contributed by atoms with Crippen LogP contribution >= 0.6 is 0 Å². The summed E-state index contributed by atoms with van der Waals surface area (Å²) in [6.45, 7) is 5.30. The van der Waals surface area contributed by atoms with E-state index in [0.717, 1.165) is 17.7 Å². The smallest absolute Gasteiger partial charge is 0.229 e. The van der Waals surface area contributed by atoms with Gasteiger partial charge >= 0.3 is 0 Å². The van der Waals surface area contributed by atoms with Crippen molar-refractivity contribution in [2.75, 3.05) is 11.9 Å². The standard InChI is InChI=1S/C20H23FN2O2/c1-13(2)25-18-6-4-3-5-14(18)11-19(24)23-17-8-7-15-12-22-10-9-16(15)20(17)21/h3-8,13,22H,9-12H2,1-2H3,(H,23,24). The van der Waals surface area contributed by atoms with Gasteiger partial charge in [0.15, 0.2) is 0 Å². The van der Waals surface area contributed by atoms with Gasteiger partial charge in [0.25, 0.3) is 0 Å². The maximum absolute atomic E-state index is 14.6. The number of carbonyl (C=O) groups excluding carboxylic acids is 1. The van der Waals surface area contributed by atoms with Gasteiger partial charge in [-0.05, 0) is 50.1 Å². The van der Waals surface area contributed by atoms with Crippen LogP contribution < -0.4 is 15.4 Å². The van der Waals surface area contributed by atoms with Crippen LogP contribution in [0.4, 0.5) is 10.1 Å². The molecule has 0 aliphatic carbocycles. The van der Waals surface area contributed by atoms with Gasteiger partial charge in [0, 0.05) is 12.1 Å². The first-order valence-electron chi connectivity index (χ1n) is 8.60. The molecular formula is C20H23FN2O2. The molecule has 0 spiro atoms. The zero-order valence-electron chi connectivity index (χ0n) is 14.6. The zero-order chi connectivity index (χ0) is 17.8. The monoisotopic (exact) mass is 342 g/mol. The number of halogens is 1. The van der Waals surface area contributed by atoms with E-state index in [1.165, 1.54) is 0 Å². The molecule has 0 saturated carbocycles. The predicted molar refractivity (Wildman–Crippen MR) is 96.4 cm³/mol. The number of ether oxygens (including phenoxy) is 1. The van der Waals surface area contributed by atoms with Gasteiger partial charge in [0.05, 0.1) is 18.2 Å². The lowest BCUT2D eigenvalue weighted by atomic mass is 9.99. The Balaban J connectivity index is 1.74. The highest BCUT2D eigenvalue weighted by molar-refractivity contribution is 5.93. The molecule has 0 saturated heterocycles. The average Bonchev–Trinajstić information content (AvgIpc) is 2.59. The molecule has 1 aliphatic heterocycles. The number of hydrogen-bond donors (Lipinski definition) is 2. The number of nitrogens with one attached hydrogen (secondary N) is 2. The van der Waals surface area contributed by atoms with Crippen LogP contribution in [0.15, 0.2) is 36.4 Å². The van der Waals surface area contributed by atoms with Crippen molar-refractivity contribution in [3.05, 3.63) is 58.9 Å². The summed E-state index contributed by atoms with van der Waals surface area (Å²) in [7, 11) is 0. The molecule has 0 aromatic heterocycles. The van der Waals surface area contributed by atoms with Gasteiger partial charge in [0.1, 0.15) is 11.6 Å². The van der Waals surface area contributed by atoms with Gasteiger partial charge in [-0.1, -0.05) is 24.3 Å². The summed E-state index contributed by atoms with van der Waals surface area (Å²) in [6.07, 6.45) is 0.799. The predicted octanol–water partition coefficient (Wildman–Crippen LogP) is 3.44. The number of anilines is 1. The number of fused-ring (bicyclic) bond motifs is 1. The van der Waals surface area contributed by atoms with Crippen LogP contribution in [0.1, 0.15) is 30.5 Å². The molecule has 1 aliphatic rings. The van der Waals surface area contributed by atoms with E-state index in [9.17, 15) is 9.18 Å². The molecule has 2 N–H and O–H groups in total. The third-order valence-corrected chi connectivity index (χ3v) is 4.17. The Labute approximate surface area is 147 Å². The Hall–Kier alpha value is -2.40. The number of rotatable bonds is 5. The third-order valence-electron chi connectivity index (χ3n) is 4.17. The molecule has 2 aromatic rings. The van der Waals surface area contributed by atoms with Crippen molar-refractivity contribution < 1.29 is 13.9 Å². The van der Waals surface area contributed by atoms with E-state index in [1.807, 2.05) is 44.2 Å². The van der Waals surface area contributed by atoms with Crippen molar-refractivity contribution in [1.29, 1.82) is 0 Å². The first-order valence-corrected chi connectivity index (χ1v) is 8.60. The topological polar surface area (TPSA) is 50.4 Å². The van der Waals surface area contributed by atoms with E-state index in [-0.39, 0.29) is 29.9 Å². The molecule has 25 heavy (non-hydrogen) atoms. The lowest BCUT2D eigenvalue weighted by Gasteiger charge is -2.19. The van der Waals surface area contributed by atoms with Crippen molar-refractivity contribution >= 4 is 11.6 Å². The molecule has 0 fully saturated rings. The highest BCUT2D eigenvalue weighted by Crippen LogP contribution is 2.25. The van der Waals surface area contributed by atoms with E-state index in [4.69, 9.17) is 4.74 Å².